The smallest absolute Gasteiger partial charge is 0.305 e. The maximum absolute atomic E-state index is 11.2. The molecule has 0 aliphatic heterocycles. The van der Waals surface area contributed by atoms with Gasteiger partial charge in [-0.3, -0.25) is 4.79 Å². The molecule has 0 aromatic rings. The second-order valence-electron chi connectivity index (χ2n) is 5.48. The highest BCUT2D eigenvalue weighted by atomic mass is 16.5. The Labute approximate surface area is 105 Å². The molecule has 0 radical (unpaired) electrons. The molecule has 1 rings (SSSR count). The monoisotopic (exact) mass is 241 g/mol. The number of carbonyl (C=O) groups excluding carboxylic acids is 1. The van der Waals surface area contributed by atoms with Crippen LogP contribution in [-0.4, -0.2) is 18.6 Å². The molecular weight excluding hydrogens is 214 g/mol. The zero-order valence-corrected chi connectivity index (χ0v) is 11.3. The number of ether oxygens (including phenoxy) is 1. The molecule has 0 saturated heterocycles. The van der Waals surface area contributed by atoms with Gasteiger partial charge in [-0.15, -0.1) is 0 Å². The Morgan fingerprint density at radius 3 is 2.88 bits per heavy atom. The van der Waals surface area contributed by atoms with Crippen LogP contribution < -0.4 is 5.73 Å². The lowest BCUT2D eigenvalue weighted by Crippen LogP contribution is -2.27. The van der Waals surface area contributed by atoms with E-state index in [0.29, 0.717) is 13.0 Å². The van der Waals surface area contributed by atoms with Gasteiger partial charge in [0.1, 0.15) is 0 Å². The predicted octanol–water partition coefficient (Wildman–Crippen LogP) is 2.87. The Morgan fingerprint density at radius 2 is 2.24 bits per heavy atom. The third-order valence-corrected chi connectivity index (χ3v) is 3.71. The minimum atomic E-state index is -0.111. The van der Waals surface area contributed by atoms with Crippen molar-refractivity contribution >= 4 is 5.97 Å². The molecule has 1 saturated carbocycles. The second-order valence-corrected chi connectivity index (χ2v) is 5.48. The summed E-state index contributed by atoms with van der Waals surface area (Å²) in [6, 6.07) is 0.162. The second kappa shape index (κ2) is 7.70. The van der Waals surface area contributed by atoms with Crippen LogP contribution in [0.4, 0.5) is 0 Å². The fourth-order valence-corrected chi connectivity index (χ4v) is 2.86. The Kier molecular flexibility index (Phi) is 6.56. The van der Waals surface area contributed by atoms with E-state index in [2.05, 4.69) is 6.92 Å². The van der Waals surface area contributed by atoms with Crippen LogP contribution in [0.1, 0.15) is 58.8 Å². The Hall–Kier alpha value is -0.570. The van der Waals surface area contributed by atoms with Gasteiger partial charge in [-0.05, 0) is 38.0 Å². The molecule has 0 aromatic carbocycles. The summed E-state index contributed by atoms with van der Waals surface area (Å²) in [5, 5.41) is 0. The van der Waals surface area contributed by atoms with E-state index in [1.165, 1.54) is 25.7 Å². The first-order valence-electron chi connectivity index (χ1n) is 7.03. The lowest BCUT2D eigenvalue weighted by Gasteiger charge is -2.28. The van der Waals surface area contributed by atoms with Gasteiger partial charge in [0.15, 0.2) is 0 Å². The van der Waals surface area contributed by atoms with Crippen molar-refractivity contribution in [2.75, 3.05) is 6.61 Å². The number of hydrogen-bond donors (Lipinski definition) is 1. The molecule has 3 heteroatoms. The van der Waals surface area contributed by atoms with Crippen LogP contribution in [0.3, 0.4) is 0 Å². The highest BCUT2D eigenvalue weighted by Gasteiger charge is 2.21. The summed E-state index contributed by atoms with van der Waals surface area (Å²) in [5.74, 6) is 1.52. The first-order chi connectivity index (χ1) is 8.11. The predicted molar refractivity (Wildman–Crippen MR) is 69.6 cm³/mol. The molecule has 3 atom stereocenters. The summed E-state index contributed by atoms with van der Waals surface area (Å²) in [6.07, 6.45) is 7.65. The van der Waals surface area contributed by atoms with Crippen LogP contribution in [0.15, 0.2) is 0 Å². The van der Waals surface area contributed by atoms with Crippen molar-refractivity contribution in [3.8, 4) is 0 Å². The van der Waals surface area contributed by atoms with E-state index in [-0.39, 0.29) is 12.0 Å². The first kappa shape index (κ1) is 14.5. The standard InChI is InChI=1S/C14H27NO2/c1-3-17-14(16)8-7-13(15)10-12-6-4-5-11(2)9-12/h11-13H,3-10,15H2,1-2H3. The number of rotatable bonds is 6. The molecule has 1 aliphatic rings. The van der Waals surface area contributed by atoms with E-state index in [9.17, 15) is 4.79 Å². The van der Waals surface area contributed by atoms with Gasteiger partial charge >= 0.3 is 5.97 Å². The highest BCUT2D eigenvalue weighted by molar-refractivity contribution is 5.69. The quantitative estimate of drug-likeness (QED) is 0.727. The van der Waals surface area contributed by atoms with Crippen LogP contribution in [-0.2, 0) is 9.53 Å². The maximum atomic E-state index is 11.2. The summed E-state index contributed by atoms with van der Waals surface area (Å²) in [7, 11) is 0. The molecule has 0 spiro atoms. The summed E-state index contributed by atoms with van der Waals surface area (Å²) in [6.45, 7) is 4.63. The van der Waals surface area contributed by atoms with E-state index >= 15 is 0 Å². The fraction of sp³-hybridized carbons (Fsp3) is 0.929. The van der Waals surface area contributed by atoms with Crippen molar-refractivity contribution in [3.63, 3.8) is 0 Å². The third kappa shape index (κ3) is 6.06. The molecule has 17 heavy (non-hydrogen) atoms. The average molecular weight is 241 g/mol. The van der Waals surface area contributed by atoms with Crippen LogP contribution in [0, 0.1) is 11.8 Å². The van der Waals surface area contributed by atoms with Gasteiger partial charge in [-0.25, -0.2) is 0 Å². The van der Waals surface area contributed by atoms with E-state index in [1.54, 1.807) is 0 Å². The lowest BCUT2D eigenvalue weighted by atomic mass is 9.79. The van der Waals surface area contributed by atoms with E-state index in [4.69, 9.17) is 10.5 Å². The molecule has 100 valence electrons. The van der Waals surface area contributed by atoms with Crippen LogP contribution in [0.2, 0.25) is 0 Å². The minimum Gasteiger partial charge on any atom is -0.466 e. The maximum Gasteiger partial charge on any atom is 0.305 e. The molecule has 2 N–H and O–H groups in total. The summed E-state index contributed by atoms with van der Waals surface area (Å²) >= 11 is 0. The van der Waals surface area contributed by atoms with Crippen molar-refractivity contribution in [2.24, 2.45) is 17.6 Å². The van der Waals surface area contributed by atoms with Crippen molar-refractivity contribution in [2.45, 2.75) is 64.8 Å². The summed E-state index contributed by atoms with van der Waals surface area (Å²) < 4.78 is 4.90. The Morgan fingerprint density at radius 1 is 1.47 bits per heavy atom. The highest BCUT2D eigenvalue weighted by Crippen LogP contribution is 2.31. The van der Waals surface area contributed by atoms with Crippen molar-refractivity contribution < 1.29 is 9.53 Å². The zero-order valence-electron chi connectivity index (χ0n) is 11.3. The summed E-state index contributed by atoms with van der Waals surface area (Å²) in [5.41, 5.74) is 6.09. The van der Waals surface area contributed by atoms with Gasteiger partial charge in [-0.1, -0.05) is 26.2 Å². The molecule has 0 heterocycles. The molecular formula is C14H27NO2. The molecule has 0 aromatic heterocycles. The minimum absolute atomic E-state index is 0.111. The number of esters is 1. The van der Waals surface area contributed by atoms with Gasteiger partial charge in [0.05, 0.1) is 6.61 Å². The van der Waals surface area contributed by atoms with Gasteiger partial charge in [0, 0.05) is 12.5 Å². The normalized spacial score (nSPS) is 26.5. The lowest BCUT2D eigenvalue weighted by molar-refractivity contribution is -0.143. The van der Waals surface area contributed by atoms with E-state index in [1.807, 2.05) is 6.92 Å². The first-order valence-corrected chi connectivity index (χ1v) is 7.03. The molecule has 1 fully saturated rings. The van der Waals surface area contributed by atoms with Gasteiger partial charge in [-0.2, -0.15) is 0 Å². The van der Waals surface area contributed by atoms with Crippen molar-refractivity contribution in [1.82, 2.24) is 0 Å². The number of nitrogens with two attached hydrogens (primary N) is 1. The Bertz CT molecular complexity index is 230. The molecule has 1 aliphatic carbocycles. The third-order valence-electron chi connectivity index (χ3n) is 3.71. The van der Waals surface area contributed by atoms with Gasteiger partial charge < -0.3 is 10.5 Å². The Balaban J connectivity index is 2.15. The van der Waals surface area contributed by atoms with Gasteiger partial charge in [0.25, 0.3) is 0 Å². The van der Waals surface area contributed by atoms with E-state index in [0.717, 1.165) is 24.7 Å². The molecule has 0 amide bonds. The average Bonchev–Trinajstić information content (AvgIpc) is 2.27. The summed E-state index contributed by atoms with van der Waals surface area (Å²) in [4.78, 5) is 11.2. The molecule has 0 bridgehead atoms. The number of carbonyl (C=O) groups is 1. The van der Waals surface area contributed by atoms with Crippen molar-refractivity contribution in [1.29, 1.82) is 0 Å². The molecule has 3 nitrogen and oxygen atoms in total. The van der Waals surface area contributed by atoms with Crippen LogP contribution >= 0.6 is 0 Å². The van der Waals surface area contributed by atoms with Crippen LogP contribution in [0.5, 0.6) is 0 Å². The van der Waals surface area contributed by atoms with E-state index < -0.39 is 0 Å². The SMILES string of the molecule is CCOC(=O)CCC(N)CC1CCCC(C)C1. The largest absolute Gasteiger partial charge is 0.466 e. The fourth-order valence-electron chi connectivity index (χ4n) is 2.86. The van der Waals surface area contributed by atoms with Gasteiger partial charge in [0.2, 0.25) is 0 Å². The van der Waals surface area contributed by atoms with Crippen LogP contribution in [0.25, 0.3) is 0 Å². The number of hydrogen-bond acceptors (Lipinski definition) is 3. The molecule has 3 unspecified atom stereocenters. The zero-order chi connectivity index (χ0) is 12.7. The topological polar surface area (TPSA) is 52.3 Å². The van der Waals surface area contributed by atoms with Crippen molar-refractivity contribution in [3.05, 3.63) is 0 Å².